The Balaban J connectivity index is 1.37. The van der Waals surface area contributed by atoms with Gasteiger partial charge in [-0.15, -0.1) is 0 Å². The summed E-state index contributed by atoms with van der Waals surface area (Å²) in [5.74, 6) is -0.666. The number of Topliss-reactive ketones (excluding diaryl/α,β-unsaturated/α-hetero) is 1. The Hall–Kier alpha value is -4.05. The van der Waals surface area contributed by atoms with Crippen molar-refractivity contribution < 1.29 is 27.7 Å². The van der Waals surface area contributed by atoms with E-state index in [1.54, 1.807) is 12.1 Å². The molecule has 3 aromatic rings. The molecular formula is C27H26N2O7S. The SMILES string of the molecule is O=C(COC(=O)c1cccc(S(=O)(=O)Nc2ccc([N+](=O)[O-])cc2)c1)c1ccc(C2CCCCC2)cc1. The van der Waals surface area contributed by atoms with Crippen LogP contribution in [0.4, 0.5) is 11.4 Å². The van der Waals surface area contributed by atoms with Crippen molar-refractivity contribution in [2.45, 2.75) is 42.9 Å². The summed E-state index contributed by atoms with van der Waals surface area (Å²) in [6, 6.07) is 17.5. The van der Waals surface area contributed by atoms with Crippen molar-refractivity contribution in [3.63, 3.8) is 0 Å². The molecule has 0 unspecified atom stereocenters. The van der Waals surface area contributed by atoms with Crippen molar-refractivity contribution in [2.24, 2.45) is 0 Å². The lowest BCUT2D eigenvalue weighted by molar-refractivity contribution is -0.384. The standard InChI is InChI=1S/C27H26N2O7S/c30-26(21-11-9-20(10-12-21)19-5-2-1-3-6-19)18-36-27(31)22-7-4-8-25(17-22)37(34,35)28-23-13-15-24(16-14-23)29(32)33/h4,7-17,19,28H,1-3,5-6,18H2. The third-order valence-electron chi connectivity index (χ3n) is 6.35. The quantitative estimate of drug-likeness (QED) is 0.170. The molecule has 9 nitrogen and oxygen atoms in total. The van der Waals surface area contributed by atoms with Crippen LogP contribution in [0.3, 0.4) is 0 Å². The van der Waals surface area contributed by atoms with Crippen molar-refractivity contribution in [1.29, 1.82) is 0 Å². The molecule has 0 radical (unpaired) electrons. The molecule has 0 amide bonds. The number of hydrogen-bond donors (Lipinski definition) is 1. The molecule has 1 aliphatic carbocycles. The normalized spacial score (nSPS) is 14.1. The Kier molecular flexibility index (Phi) is 7.98. The first-order chi connectivity index (χ1) is 17.7. The summed E-state index contributed by atoms with van der Waals surface area (Å²) in [5, 5.41) is 10.8. The van der Waals surface area contributed by atoms with Gasteiger partial charge >= 0.3 is 5.97 Å². The number of nitrogens with zero attached hydrogens (tertiary/aromatic N) is 1. The second-order valence-electron chi connectivity index (χ2n) is 8.89. The van der Waals surface area contributed by atoms with Crippen molar-refractivity contribution in [3.8, 4) is 0 Å². The Morgan fingerprint density at radius 3 is 2.24 bits per heavy atom. The number of esters is 1. The minimum absolute atomic E-state index is 0.0352. The maximum Gasteiger partial charge on any atom is 0.338 e. The van der Waals surface area contributed by atoms with Gasteiger partial charge in [0.2, 0.25) is 0 Å². The van der Waals surface area contributed by atoms with Crippen LogP contribution < -0.4 is 4.72 Å². The van der Waals surface area contributed by atoms with Crippen molar-refractivity contribution in [1.82, 2.24) is 0 Å². The van der Waals surface area contributed by atoms with E-state index >= 15 is 0 Å². The Labute approximate surface area is 214 Å². The summed E-state index contributed by atoms with van der Waals surface area (Å²) >= 11 is 0. The van der Waals surface area contributed by atoms with Crippen molar-refractivity contribution in [2.75, 3.05) is 11.3 Å². The number of ketones is 1. The predicted octanol–water partition coefficient (Wildman–Crippen LogP) is 5.48. The number of non-ortho nitro benzene ring substituents is 1. The molecule has 1 aliphatic rings. The van der Waals surface area contributed by atoms with Crippen molar-refractivity contribution in [3.05, 3.63) is 99.6 Å². The second kappa shape index (κ2) is 11.3. The monoisotopic (exact) mass is 522 g/mol. The first kappa shape index (κ1) is 26.0. The number of nitro groups is 1. The second-order valence-corrected chi connectivity index (χ2v) is 10.6. The number of ether oxygens (including phenoxy) is 1. The molecule has 3 aromatic carbocycles. The number of carbonyl (C=O) groups is 2. The number of anilines is 1. The van der Waals surface area contributed by atoms with Gasteiger partial charge in [-0.2, -0.15) is 0 Å². The number of nitrogens with one attached hydrogen (secondary N) is 1. The van der Waals surface area contributed by atoms with E-state index in [1.807, 2.05) is 12.1 Å². The smallest absolute Gasteiger partial charge is 0.338 e. The van der Waals surface area contributed by atoms with Crippen LogP contribution in [0.15, 0.2) is 77.7 Å². The Morgan fingerprint density at radius 1 is 0.919 bits per heavy atom. The molecule has 192 valence electrons. The summed E-state index contributed by atoms with van der Waals surface area (Å²) in [4.78, 5) is 35.0. The number of carbonyl (C=O) groups excluding carboxylic acids is 2. The molecule has 0 bridgehead atoms. The molecular weight excluding hydrogens is 496 g/mol. The highest BCUT2D eigenvalue weighted by Gasteiger charge is 2.19. The predicted molar refractivity (Wildman–Crippen MR) is 137 cm³/mol. The first-order valence-corrected chi connectivity index (χ1v) is 13.4. The van der Waals surface area contributed by atoms with Gasteiger partial charge in [-0.3, -0.25) is 19.6 Å². The average Bonchev–Trinajstić information content (AvgIpc) is 2.92. The largest absolute Gasteiger partial charge is 0.454 e. The summed E-state index contributed by atoms with van der Waals surface area (Å²) in [6.45, 7) is -0.473. The third kappa shape index (κ3) is 6.59. The fourth-order valence-corrected chi connectivity index (χ4v) is 5.43. The maximum absolute atomic E-state index is 12.7. The fraction of sp³-hybridized carbons (Fsp3) is 0.259. The van der Waals surface area contributed by atoms with E-state index < -0.39 is 27.5 Å². The van der Waals surface area contributed by atoms with Crippen molar-refractivity contribution >= 4 is 33.2 Å². The number of sulfonamides is 1. The molecule has 0 saturated heterocycles. The van der Waals surface area contributed by atoms with Gasteiger partial charge in [0.15, 0.2) is 12.4 Å². The number of hydrogen-bond acceptors (Lipinski definition) is 7. The molecule has 10 heteroatoms. The van der Waals surface area contributed by atoms with Gasteiger partial charge in [-0.25, -0.2) is 13.2 Å². The molecule has 0 spiro atoms. The van der Waals surface area contributed by atoms with E-state index in [1.165, 1.54) is 67.3 Å². The molecule has 1 N–H and O–H groups in total. The molecule has 0 aliphatic heterocycles. The van der Waals surface area contributed by atoms with E-state index in [2.05, 4.69) is 4.72 Å². The summed E-state index contributed by atoms with van der Waals surface area (Å²) < 4.78 is 32.9. The third-order valence-corrected chi connectivity index (χ3v) is 7.73. The number of nitro benzene ring substituents is 1. The molecule has 1 saturated carbocycles. The van der Waals surface area contributed by atoms with Crippen LogP contribution in [0, 0.1) is 10.1 Å². The van der Waals surface area contributed by atoms with Crippen LogP contribution in [0.5, 0.6) is 0 Å². The van der Waals surface area contributed by atoms with Crippen LogP contribution in [0.1, 0.15) is 64.3 Å². The summed E-state index contributed by atoms with van der Waals surface area (Å²) in [5.41, 5.74) is 1.57. The Bertz CT molecular complexity index is 1400. The maximum atomic E-state index is 12.7. The zero-order valence-corrected chi connectivity index (χ0v) is 20.8. The van der Waals surface area contributed by atoms with E-state index in [4.69, 9.17) is 4.74 Å². The lowest BCUT2D eigenvalue weighted by atomic mass is 9.84. The zero-order valence-electron chi connectivity index (χ0n) is 20.0. The van der Waals surface area contributed by atoms with E-state index in [0.29, 0.717) is 11.5 Å². The summed E-state index contributed by atoms with van der Waals surface area (Å²) in [7, 11) is -4.08. The molecule has 0 heterocycles. The van der Waals surface area contributed by atoms with Gasteiger partial charge in [-0.1, -0.05) is 49.6 Å². The minimum atomic E-state index is -4.08. The van der Waals surface area contributed by atoms with E-state index in [0.717, 1.165) is 18.9 Å². The Morgan fingerprint density at radius 2 is 1.59 bits per heavy atom. The highest BCUT2D eigenvalue weighted by atomic mass is 32.2. The fourth-order valence-electron chi connectivity index (χ4n) is 4.33. The van der Waals surface area contributed by atoms with Crippen LogP contribution >= 0.6 is 0 Å². The van der Waals surface area contributed by atoms with Crippen LogP contribution in [0.2, 0.25) is 0 Å². The van der Waals surface area contributed by atoms with Gasteiger partial charge in [0.25, 0.3) is 15.7 Å². The highest BCUT2D eigenvalue weighted by molar-refractivity contribution is 7.92. The minimum Gasteiger partial charge on any atom is -0.454 e. The molecule has 0 aromatic heterocycles. The van der Waals surface area contributed by atoms with E-state index in [-0.39, 0.29) is 27.6 Å². The first-order valence-electron chi connectivity index (χ1n) is 11.9. The lowest BCUT2D eigenvalue weighted by Gasteiger charge is -2.22. The zero-order chi connectivity index (χ0) is 26.4. The average molecular weight is 523 g/mol. The number of benzene rings is 3. The van der Waals surface area contributed by atoms with Crippen LogP contribution in [-0.4, -0.2) is 31.7 Å². The summed E-state index contributed by atoms with van der Waals surface area (Å²) in [6.07, 6.45) is 6.02. The molecule has 0 atom stereocenters. The van der Waals surface area contributed by atoms with Gasteiger partial charge < -0.3 is 4.74 Å². The number of rotatable bonds is 9. The lowest BCUT2D eigenvalue weighted by Crippen LogP contribution is -2.16. The van der Waals surface area contributed by atoms with Gasteiger partial charge in [0.1, 0.15) is 0 Å². The molecule has 37 heavy (non-hydrogen) atoms. The highest BCUT2D eigenvalue weighted by Crippen LogP contribution is 2.32. The van der Waals surface area contributed by atoms with Crippen LogP contribution in [0.25, 0.3) is 0 Å². The van der Waals surface area contributed by atoms with Gasteiger partial charge in [0, 0.05) is 23.4 Å². The van der Waals surface area contributed by atoms with Gasteiger partial charge in [-0.05, 0) is 54.7 Å². The topological polar surface area (TPSA) is 133 Å². The van der Waals surface area contributed by atoms with E-state index in [9.17, 15) is 28.1 Å². The van der Waals surface area contributed by atoms with Gasteiger partial charge in [0.05, 0.1) is 15.4 Å². The van der Waals surface area contributed by atoms with Crippen LogP contribution in [-0.2, 0) is 14.8 Å². The molecule has 1 fully saturated rings. The molecule has 4 rings (SSSR count).